The monoisotopic (exact) mass is 275 g/mol. The normalized spacial score (nSPS) is 22.3. The van der Waals surface area contributed by atoms with Crippen molar-refractivity contribution in [1.82, 2.24) is 14.9 Å². The maximum absolute atomic E-state index is 14.0. The van der Waals surface area contributed by atoms with E-state index in [1.807, 2.05) is 6.07 Å². The maximum atomic E-state index is 14.0. The van der Waals surface area contributed by atoms with Crippen molar-refractivity contribution in [2.75, 3.05) is 6.54 Å². The molecule has 0 spiro atoms. The number of para-hydroxylation sites is 1. The molecule has 3 nitrogen and oxygen atoms in total. The van der Waals surface area contributed by atoms with Gasteiger partial charge in [-0.05, 0) is 43.9 Å². The summed E-state index contributed by atoms with van der Waals surface area (Å²) in [7, 11) is 0. The van der Waals surface area contributed by atoms with Gasteiger partial charge in [0.25, 0.3) is 0 Å². The lowest BCUT2D eigenvalue weighted by molar-refractivity contribution is 0.171. The Morgan fingerprint density at radius 1 is 1.45 bits per heavy atom. The van der Waals surface area contributed by atoms with Crippen LogP contribution in [0.1, 0.15) is 45.5 Å². The van der Waals surface area contributed by atoms with Gasteiger partial charge < -0.3 is 9.88 Å². The number of aryl methyl sites for hydroxylation is 1. The van der Waals surface area contributed by atoms with Gasteiger partial charge in [0, 0.05) is 6.54 Å². The molecule has 1 aliphatic heterocycles. The van der Waals surface area contributed by atoms with E-state index in [0.717, 1.165) is 24.4 Å². The predicted molar refractivity (Wildman–Crippen MR) is 79.1 cm³/mol. The van der Waals surface area contributed by atoms with E-state index in [9.17, 15) is 4.39 Å². The van der Waals surface area contributed by atoms with E-state index in [2.05, 4.69) is 35.6 Å². The zero-order valence-corrected chi connectivity index (χ0v) is 12.4. The highest BCUT2D eigenvalue weighted by atomic mass is 19.1. The molecule has 1 aliphatic rings. The van der Waals surface area contributed by atoms with E-state index in [4.69, 9.17) is 0 Å². The van der Waals surface area contributed by atoms with Crippen molar-refractivity contribution in [3.63, 3.8) is 0 Å². The second-order valence-corrected chi connectivity index (χ2v) is 6.30. The zero-order chi connectivity index (χ0) is 14.3. The molecule has 108 valence electrons. The van der Waals surface area contributed by atoms with Crippen LogP contribution in [0, 0.1) is 11.2 Å². The first kappa shape index (κ1) is 13.6. The number of fused-ring (bicyclic) bond motifs is 1. The molecule has 1 N–H and O–H groups in total. The quantitative estimate of drug-likeness (QED) is 0.906. The number of benzene rings is 1. The highest BCUT2D eigenvalue weighted by molar-refractivity contribution is 5.76. The van der Waals surface area contributed by atoms with Crippen LogP contribution in [0.5, 0.6) is 0 Å². The smallest absolute Gasteiger partial charge is 0.151 e. The SMILES string of the molecule is CCn1c(C2NCCCC2(C)C)nc2c(F)cccc21. The van der Waals surface area contributed by atoms with E-state index in [1.54, 1.807) is 6.07 Å². The number of rotatable bonds is 2. The molecule has 1 unspecified atom stereocenters. The molecule has 3 rings (SSSR count). The summed E-state index contributed by atoms with van der Waals surface area (Å²) in [5.41, 5.74) is 1.53. The van der Waals surface area contributed by atoms with Gasteiger partial charge >= 0.3 is 0 Å². The minimum absolute atomic E-state index is 0.142. The number of aromatic nitrogens is 2. The minimum atomic E-state index is -0.232. The molecule has 0 radical (unpaired) electrons. The van der Waals surface area contributed by atoms with E-state index >= 15 is 0 Å². The fourth-order valence-electron chi connectivity index (χ4n) is 3.34. The lowest BCUT2D eigenvalue weighted by Gasteiger charge is -2.39. The van der Waals surface area contributed by atoms with Gasteiger partial charge in [-0.25, -0.2) is 9.37 Å². The van der Waals surface area contributed by atoms with Crippen molar-refractivity contribution in [2.45, 2.75) is 46.2 Å². The van der Waals surface area contributed by atoms with Crippen LogP contribution in [0.15, 0.2) is 18.2 Å². The van der Waals surface area contributed by atoms with Crippen LogP contribution in [0.25, 0.3) is 11.0 Å². The molecule has 0 saturated carbocycles. The van der Waals surface area contributed by atoms with Gasteiger partial charge in [-0.15, -0.1) is 0 Å². The third-order valence-electron chi connectivity index (χ3n) is 4.46. The molecule has 2 heterocycles. The number of nitrogens with zero attached hydrogens (tertiary/aromatic N) is 2. The average molecular weight is 275 g/mol. The van der Waals surface area contributed by atoms with Crippen LogP contribution in [0.4, 0.5) is 4.39 Å². The van der Waals surface area contributed by atoms with Crippen LogP contribution in [-0.4, -0.2) is 16.1 Å². The van der Waals surface area contributed by atoms with Crippen molar-refractivity contribution in [3.8, 4) is 0 Å². The molecule has 1 atom stereocenters. The second kappa shape index (κ2) is 4.85. The maximum Gasteiger partial charge on any atom is 0.151 e. The van der Waals surface area contributed by atoms with Gasteiger partial charge in [0.1, 0.15) is 11.3 Å². The first-order chi connectivity index (χ1) is 9.54. The summed E-state index contributed by atoms with van der Waals surface area (Å²) in [6.45, 7) is 8.43. The summed E-state index contributed by atoms with van der Waals surface area (Å²) in [4.78, 5) is 4.63. The molecular weight excluding hydrogens is 253 g/mol. The highest BCUT2D eigenvalue weighted by Crippen LogP contribution is 2.40. The van der Waals surface area contributed by atoms with Crippen LogP contribution in [0.2, 0.25) is 0 Å². The summed E-state index contributed by atoms with van der Waals surface area (Å²) in [5.74, 6) is 0.738. The molecule has 1 aromatic heterocycles. The van der Waals surface area contributed by atoms with E-state index in [1.165, 1.54) is 18.9 Å². The van der Waals surface area contributed by atoms with Crippen molar-refractivity contribution in [3.05, 3.63) is 29.8 Å². The van der Waals surface area contributed by atoms with E-state index in [-0.39, 0.29) is 17.3 Å². The van der Waals surface area contributed by atoms with Crippen molar-refractivity contribution >= 4 is 11.0 Å². The highest BCUT2D eigenvalue weighted by Gasteiger charge is 2.36. The first-order valence-electron chi connectivity index (χ1n) is 7.42. The summed E-state index contributed by atoms with van der Waals surface area (Å²) in [5, 5.41) is 3.58. The van der Waals surface area contributed by atoms with Crippen LogP contribution >= 0.6 is 0 Å². The lowest BCUT2D eigenvalue weighted by Crippen LogP contribution is -2.41. The number of imidazole rings is 1. The summed E-state index contributed by atoms with van der Waals surface area (Å²) >= 11 is 0. The van der Waals surface area contributed by atoms with Crippen molar-refractivity contribution < 1.29 is 4.39 Å². The Balaban J connectivity index is 2.18. The topological polar surface area (TPSA) is 29.9 Å². The number of piperidine rings is 1. The third kappa shape index (κ3) is 2.03. The molecule has 1 saturated heterocycles. The largest absolute Gasteiger partial charge is 0.327 e. The average Bonchev–Trinajstić information content (AvgIpc) is 2.78. The summed E-state index contributed by atoms with van der Waals surface area (Å²) in [6.07, 6.45) is 2.35. The van der Waals surface area contributed by atoms with E-state index < -0.39 is 0 Å². The molecule has 4 heteroatoms. The summed E-state index contributed by atoms with van der Waals surface area (Å²) < 4.78 is 16.1. The molecule has 0 aliphatic carbocycles. The van der Waals surface area contributed by atoms with Crippen LogP contribution in [-0.2, 0) is 6.54 Å². The number of hydrogen-bond donors (Lipinski definition) is 1. The molecule has 1 aromatic carbocycles. The van der Waals surface area contributed by atoms with Gasteiger partial charge in [0.2, 0.25) is 0 Å². The lowest BCUT2D eigenvalue weighted by atomic mass is 9.77. The predicted octanol–water partition coefficient (Wildman–Crippen LogP) is 3.65. The minimum Gasteiger partial charge on any atom is -0.327 e. The zero-order valence-electron chi connectivity index (χ0n) is 12.4. The Hall–Kier alpha value is -1.42. The van der Waals surface area contributed by atoms with E-state index in [0.29, 0.717) is 5.52 Å². The van der Waals surface area contributed by atoms with Gasteiger partial charge in [-0.3, -0.25) is 0 Å². The Kier molecular flexibility index (Phi) is 3.28. The fraction of sp³-hybridized carbons (Fsp3) is 0.562. The van der Waals surface area contributed by atoms with Crippen LogP contribution < -0.4 is 5.32 Å². The van der Waals surface area contributed by atoms with Gasteiger partial charge in [0.15, 0.2) is 5.82 Å². The molecule has 20 heavy (non-hydrogen) atoms. The number of hydrogen-bond acceptors (Lipinski definition) is 2. The first-order valence-corrected chi connectivity index (χ1v) is 7.42. The molecular formula is C16H22FN3. The van der Waals surface area contributed by atoms with Gasteiger partial charge in [-0.1, -0.05) is 19.9 Å². The Morgan fingerprint density at radius 3 is 2.95 bits per heavy atom. The Labute approximate surface area is 119 Å². The molecule has 0 amide bonds. The Bertz CT molecular complexity index is 630. The standard InChI is InChI=1S/C16H22FN3/c1-4-20-12-8-5-7-11(17)13(12)19-15(20)14-16(2,3)9-6-10-18-14/h5,7-8,14,18H,4,6,9-10H2,1-3H3. The van der Waals surface area contributed by atoms with Crippen molar-refractivity contribution in [2.24, 2.45) is 5.41 Å². The third-order valence-corrected chi connectivity index (χ3v) is 4.46. The molecule has 1 fully saturated rings. The number of nitrogens with one attached hydrogen (secondary N) is 1. The second-order valence-electron chi connectivity index (χ2n) is 6.30. The van der Waals surface area contributed by atoms with Crippen LogP contribution in [0.3, 0.4) is 0 Å². The summed E-state index contributed by atoms with van der Waals surface area (Å²) in [6, 6.07) is 5.38. The number of halogens is 1. The fourth-order valence-corrected chi connectivity index (χ4v) is 3.34. The van der Waals surface area contributed by atoms with Gasteiger partial charge in [-0.2, -0.15) is 0 Å². The molecule has 0 bridgehead atoms. The van der Waals surface area contributed by atoms with Crippen molar-refractivity contribution in [1.29, 1.82) is 0 Å². The molecule has 2 aromatic rings. The van der Waals surface area contributed by atoms with Gasteiger partial charge in [0.05, 0.1) is 11.6 Å². The Morgan fingerprint density at radius 2 is 2.25 bits per heavy atom.